The van der Waals surface area contributed by atoms with Crippen molar-refractivity contribution in [2.75, 3.05) is 25.4 Å². The molecule has 2 rings (SSSR count). The van der Waals surface area contributed by atoms with Gasteiger partial charge in [-0.3, -0.25) is 4.99 Å². The number of likely N-dealkylation sites (tertiary alicyclic amines) is 1. The van der Waals surface area contributed by atoms with Gasteiger partial charge in [0.2, 0.25) is 0 Å². The van der Waals surface area contributed by atoms with Gasteiger partial charge in [0.05, 0.1) is 10.6 Å². The molecule has 22 heavy (non-hydrogen) atoms. The molecular weight excluding hydrogens is 298 g/mol. The molecule has 0 aliphatic carbocycles. The van der Waals surface area contributed by atoms with Crippen molar-refractivity contribution in [3.63, 3.8) is 0 Å². The summed E-state index contributed by atoms with van der Waals surface area (Å²) in [5.41, 5.74) is 6.01. The fourth-order valence-electron chi connectivity index (χ4n) is 2.59. The Balaban J connectivity index is 1.81. The van der Waals surface area contributed by atoms with Crippen molar-refractivity contribution in [3.05, 3.63) is 30.3 Å². The summed E-state index contributed by atoms with van der Waals surface area (Å²) in [6.45, 7) is 2.36. The van der Waals surface area contributed by atoms with Crippen molar-refractivity contribution >= 4 is 15.8 Å². The van der Waals surface area contributed by atoms with Crippen LogP contribution in [0.4, 0.5) is 0 Å². The summed E-state index contributed by atoms with van der Waals surface area (Å²) in [6, 6.07) is 8.55. The van der Waals surface area contributed by atoms with Crippen LogP contribution in [-0.2, 0) is 9.84 Å². The molecule has 2 N–H and O–H groups in total. The first-order chi connectivity index (χ1) is 10.6. The van der Waals surface area contributed by atoms with E-state index in [9.17, 15) is 8.42 Å². The fraction of sp³-hybridized carbons (Fsp3) is 0.562. The number of guanidine groups is 1. The molecule has 1 aromatic rings. The SMILES string of the molecule is NC(=NCCCS(=O)(=O)c1ccccc1)N1CCCCCC1. The van der Waals surface area contributed by atoms with Crippen molar-refractivity contribution in [2.24, 2.45) is 10.7 Å². The highest BCUT2D eigenvalue weighted by atomic mass is 32.2. The molecular formula is C16H25N3O2S. The zero-order chi connectivity index (χ0) is 15.8. The summed E-state index contributed by atoms with van der Waals surface area (Å²) in [4.78, 5) is 6.83. The Morgan fingerprint density at radius 3 is 2.36 bits per heavy atom. The van der Waals surface area contributed by atoms with E-state index in [1.807, 2.05) is 6.07 Å². The third-order valence-electron chi connectivity index (χ3n) is 3.88. The minimum Gasteiger partial charge on any atom is -0.370 e. The molecule has 5 nitrogen and oxygen atoms in total. The Morgan fingerprint density at radius 2 is 1.73 bits per heavy atom. The molecule has 122 valence electrons. The quantitative estimate of drug-likeness (QED) is 0.511. The molecule has 1 aliphatic rings. The van der Waals surface area contributed by atoms with Crippen LogP contribution < -0.4 is 5.73 Å². The number of rotatable bonds is 5. The van der Waals surface area contributed by atoms with E-state index in [-0.39, 0.29) is 5.75 Å². The van der Waals surface area contributed by atoms with Gasteiger partial charge < -0.3 is 10.6 Å². The minimum atomic E-state index is -3.21. The molecule has 1 saturated heterocycles. The minimum absolute atomic E-state index is 0.105. The predicted molar refractivity (Wildman–Crippen MR) is 89.6 cm³/mol. The highest BCUT2D eigenvalue weighted by molar-refractivity contribution is 7.91. The van der Waals surface area contributed by atoms with Crippen LogP contribution in [0, 0.1) is 0 Å². The third-order valence-corrected chi connectivity index (χ3v) is 5.69. The first-order valence-electron chi connectivity index (χ1n) is 7.92. The van der Waals surface area contributed by atoms with E-state index in [0.29, 0.717) is 23.8 Å². The van der Waals surface area contributed by atoms with E-state index < -0.39 is 9.84 Å². The zero-order valence-corrected chi connectivity index (χ0v) is 13.8. The topological polar surface area (TPSA) is 75.8 Å². The second kappa shape index (κ2) is 8.17. The lowest BCUT2D eigenvalue weighted by Crippen LogP contribution is -2.38. The fourth-order valence-corrected chi connectivity index (χ4v) is 3.91. The standard InChI is InChI=1S/C16H25N3O2S/c17-16(19-12-6-1-2-7-13-19)18-11-8-14-22(20,21)15-9-4-3-5-10-15/h3-5,9-10H,1-2,6-8,11-14H2,(H2,17,18). The second-order valence-corrected chi connectivity index (χ2v) is 7.74. The average Bonchev–Trinajstić information content (AvgIpc) is 2.81. The van der Waals surface area contributed by atoms with Crippen LogP contribution in [0.15, 0.2) is 40.2 Å². The van der Waals surface area contributed by atoms with E-state index in [1.54, 1.807) is 24.3 Å². The summed E-state index contributed by atoms with van der Waals surface area (Å²) < 4.78 is 24.3. The van der Waals surface area contributed by atoms with Gasteiger partial charge in [-0.2, -0.15) is 0 Å². The van der Waals surface area contributed by atoms with Gasteiger partial charge in [0.25, 0.3) is 0 Å². The molecule has 6 heteroatoms. The van der Waals surface area contributed by atoms with Crippen LogP contribution >= 0.6 is 0 Å². The summed E-state index contributed by atoms with van der Waals surface area (Å²) in [7, 11) is -3.21. The third kappa shape index (κ3) is 5.02. The van der Waals surface area contributed by atoms with Crippen LogP contribution in [0.25, 0.3) is 0 Å². The monoisotopic (exact) mass is 323 g/mol. The summed E-state index contributed by atoms with van der Waals surface area (Å²) >= 11 is 0. The molecule has 1 aliphatic heterocycles. The lowest BCUT2D eigenvalue weighted by molar-refractivity contribution is 0.428. The highest BCUT2D eigenvalue weighted by Crippen LogP contribution is 2.11. The number of benzene rings is 1. The summed E-state index contributed by atoms with van der Waals surface area (Å²) in [5, 5.41) is 0. The van der Waals surface area contributed by atoms with Crippen molar-refractivity contribution in [2.45, 2.75) is 37.0 Å². The summed E-state index contributed by atoms with van der Waals surface area (Å²) in [5.74, 6) is 0.660. The maximum atomic E-state index is 12.1. The Bertz CT molecular complexity index is 577. The van der Waals surface area contributed by atoms with Crippen LogP contribution in [0.3, 0.4) is 0 Å². The number of aliphatic imine (C=N–C) groups is 1. The average molecular weight is 323 g/mol. The van der Waals surface area contributed by atoms with Crippen LogP contribution in [0.2, 0.25) is 0 Å². The second-order valence-electron chi connectivity index (χ2n) is 5.63. The van der Waals surface area contributed by atoms with Crippen molar-refractivity contribution in [1.29, 1.82) is 0 Å². The molecule has 0 bridgehead atoms. The van der Waals surface area contributed by atoms with Gasteiger partial charge in [0, 0.05) is 19.6 Å². The van der Waals surface area contributed by atoms with E-state index in [4.69, 9.17) is 5.73 Å². The first-order valence-corrected chi connectivity index (χ1v) is 9.57. The van der Waals surface area contributed by atoms with Gasteiger partial charge in [0.15, 0.2) is 15.8 Å². The van der Waals surface area contributed by atoms with Crippen molar-refractivity contribution in [3.8, 4) is 0 Å². The van der Waals surface area contributed by atoms with Crippen LogP contribution in [0.1, 0.15) is 32.1 Å². The van der Waals surface area contributed by atoms with Gasteiger partial charge in [-0.05, 0) is 31.4 Å². The zero-order valence-electron chi connectivity index (χ0n) is 12.9. The van der Waals surface area contributed by atoms with Gasteiger partial charge in [0.1, 0.15) is 0 Å². The van der Waals surface area contributed by atoms with Crippen molar-refractivity contribution < 1.29 is 8.42 Å². The van der Waals surface area contributed by atoms with Gasteiger partial charge in [-0.25, -0.2) is 8.42 Å². The number of nitrogens with zero attached hydrogens (tertiary/aromatic N) is 2. The molecule has 0 aromatic heterocycles. The number of hydrogen-bond acceptors (Lipinski definition) is 3. The van der Waals surface area contributed by atoms with Gasteiger partial charge in [-0.1, -0.05) is 31.0 Å². The van der Waals surface area contributed by atoms with E-state index >= 15 is 0 Å². The molecule has 1 heterocycles. The maximum absolute atomic E-state index is 12.1. The molecule has 0 atom stereocenters. The molecule has 0 amide bonds. The number of hydrogen-bond donors (Lipinski definition) is 1. The first kappa shape index (κ1) is 16.8. The Hall–Kier alpha value is -1.56. The molecule has 0 unspecified atom stereocenters. The Morgan fingerprint density at radius 1 is 1.09 bits per heavy atom. The normalized spacial score (nSPS) is 17.3. The summed E-state index contributed by atoms with van der Waals surface area (Å²) in [6.07, 6.45) is 5.29. The Kier molecular flexibility index (Phi) is 6.24. The van der Waals surface area contributed by atoms with Crippen molar-refractivity contribution in [1.82, 2.24) is 4.90 Å². The highest BCUT2D eigenvalue weighted by Gasteiger charge is 2.14. The van der Waals surface area contributed by atoms with Gasteiger partial charge in [-0.15, -0.1) is 0 Å². The van der Waals surface area contributed by atoms with E-state index in [2.05, 4.69) is 9.89 Å². The van der Waals surface area contributed by atoms with Crippen LogP contribution in [-0.4, -0.2) is 44.7 Å². The molecule has 1 aromatic carbocycles. The number of nitrogens with two attached hydrogens (primary N) is 1. The molecule has 1 fully saturated rings. The maximum Gasteiger partial charge on any atom is 0.191 e. The molecule has 0 spiro atoms. The Labute approximate surface area is 133 Å². The van der Waals surface area contributed by atoms with E-state index in [0.717, 1.165) is 25.9 Å². The molecule has 0 radical (unpaired) electrons. The smallest absolute Gasteiger partial charge is 0.191 e. The lowest BCUT2D eigenvalue weighted by Gasteiger charge is -2.21. The van der Waals surface area contributed by atoms with Crippen LogP contribution in [0.5, 0.6) is 0 Å². The van der Waals surface area contributed by atoms with Gasteiger partial charge >= 0.3 is 0 Å². The number of sulfone groups is 1. The van der Waals surface area contributed by atoms with E-state index in [1.165, 1.54) is 12.8 Å². The lowest BCUT2D eigenvalue weighted by atomic mass is 10.2. The largest absolute Gasteiger partial charge is 0.370 e. The molecule has 0 saturated carbocycles. The predicted octanol–water partition coefficient (Wildman–Crippen LogP) is 2.04.